The normalized spacial score (nSPS) is 10.8. The summed E-state index contributed by atoms with van der Waals surface area (Å²) in [5.74, 6) is 0. The van der Waals surface area contributed by atoms with Gasteiger partial charge in [0.05, 0.1) is 0 Å². The van der Waals surface area contributed by atoms with E-state index >= 15 is 0 Å². The molecule has 0 nitrogen and oxygen atoms in total. The minimum atomic E-state index is 0.900. The number of rotatable bonds is 8. The molecule has 6 aromatic rings. The van der Waals surface area contributed by atoms with Gasteiger partial charge in [-0.3, -0.25) is 0 Å². The quantitative estimate of drug-likeness (QED) is 0.190. The van der Waals surface area contributed by atoms with Crippen LogP contribution in [0.25, 0.3) is 27.8 Å². The third-order valence-electron chi connectivity index (χ3n) is 7.60. The maximum Gasteiger partial charge on any atom is -0.00196 e. The molecule has 40 heavy (non-hydrogen) atoms. The van der Waals surface area contributed by atoms with E-state index < -0.39 is 0 Å². The fraction of sp³-hybridized carbons (Fsp3) is 0.0500. The summed E-state index contributed by atoms with van der Waals surface area (Å²) in [6.07, 6.45) is 1.80. The average Bonchev–Trinajstić information content (AvgIpc) is 3.03. The minimum absolute atomic E-state index is 0.900. The molecule has 0 heterocycles. The van der Waals surface area contributed by atoms with Crippen molar-refractivity contribution in [2.75, 3.05) is 0 Å². The lowest BCUT2D eigenvalue weighted by Gasteiger charge is -2.12. The number of hydrogen-bond donors (Lipinski definition) is 0. The summed E-state index contributed by atoms with van der Waals surface area (Å²) < 4.78 is 0. The van der Waals surface area contributed by atoms with Gasteiger partial charge in [0.15, 0.2) is 0 Å². The Bertz CT molecular complexity index is 1580. The van der Waals surface area contributed by atoms with E-state index in [9.17, 15) is 0 Å². The van der Waals surface area contributed by atoms with Gasteiger partial charge in [-0.15, -0.1) is 0 Å². The lowest BCUT2D eigenvalue weighted by Crippen LogP contribution is -1.94. The molecule has 6 rings (SSSR count). The summed E-state index contributed by atoms with van der Waals surface area (Å²) >= 11 is 0. The van der Waals surface area contributed by atoms with Crippen LogP contribution in [0.1, 0.15) is 33.4 Å². The molecule has 0 aliphatic carbocycles. The van der Waals surface area contributed by atoms with E-state index in [0.29, 0.717) is 0 Å². The van der Waals surface area contributed by atoms with Gasteiger partial charge in [-0.25, -0.2) is 0 Å². The Labute approximate surface area is 237 Å². The minimum Gasteiger partial charge on any atom is -0.0906 e. The van der Waals surface area contributed by atoms with Gasteiger partial charge < -0.3 is 0 Å². The molecular formula is C40H32. The van der Waals surface area contributed by atoms with Crippen LogP contribution in [-0.4, -0.2) is 0 Å². The molecule has 0 fully saturated rings. The van der Waals surface area contributed by atoms with Gasteiger partial charge in [0.2, 0.25) is 0 Å². The van der Waals surface area contributed by atoms with Crippen LogP contribution in [0.2, 0.25) is 0 Å². The van der Waals surface area contributed by atoms with Crippen LogP contribution in [0, 0.1) is 0 Å². The maximum atomic E-state index is 4.43. The molecule has 0 atom stereocenters. The van der Waals surface area contributed by atoms with Gasteiger partial charge >= 0.3 is 0 Å². The van der Waals surface area contributed by atoms with Crippen molar-refractivity contribution in [2.24, 2.45) is 0 Å². The molecule has 0 aromatic heterocycles. The molecule has 0 unspecified atom stereocenters. The van der Waals surface area contributed by atoms with Crippen LogP contribution in [0.15, 0.2) is 164 Å². The van der Waals surface area contributed by atoms with Crippen molar-refractivity contribution in [3.05, 3.63) is 198 Å². The first kappa shape index (κ1) is 25.3. The third-order valence-corrected chi connectivity index (χ3v) is 7.60. The molecule has 0 N–H and O–H groups in total. The summed E-state index contributed by atoms with van der Waals surface area (Å²) in [7, 11) is 0. The highest BCUT2D eigenvalue weighted by Crippen LogP contribution is 2.29. The highest BCUT2D eigenvalue weighted by molar-refractivity contribution is 5.78. The molecule has 0 spiro atoms. The first-order valence-electron chi connectivity index (χ1n) is 13.9. The van der Waals surface area contributed by atoms with Gasteiger partial charge in [0.25, 0.3) is 0 Å². The van der Waals surface area contributed by atoms with Crippen LogP contribution in [0.5, 0.6) is 0 Å². The van der Waals surface area contributed by atoms with Crippen molar-refractivity contribution in [3.8, 4) is 22.3 Å². The lowest BCUT2D eigenvalue weighted by molar-refractivity contribution is 1.19. The molecule has 0 saturated carbocycles. The highest BCUT2D eigenvalue weighted by atomic mass is 14.1. The van der Waals surface area contributed by atoms with E-state index in [4.69, 9.17) is 0 Å². The van der Waals surface area contributed by atoms with Crippen molar-refractivity contribution in [1.29, 1.82) is 0 Å². The zero-order valence-corrected chi connectivity index (χ0v) is 22.6. The second-order valence-electron chi connectivity index (χ2n) is 10.3. The topological polar surface area (TPSA) is 0 Å². The third kappa shape index (κ3) is 5.72. The molecule has 6 aromatic carbocycles. The van der Waals surface area contributed by atoms with Crippen molar-refractivity contribution >= 4 is 5.57 Å². The Kier molecular flexibility index (Phi) is 7.51. The van der Waals surface area contributed by atoms with E-state index in [1.54, 1.807) is 0 Å². The lowest BCUT2D eigenvalue weighted by atomic mass is 9.92. The van der Waals surface area contributed by atoms with Crippen molar-refractivity contribution in [3.63, 3.8) is 0 Å². The van der Waals surface area contributed by atoms with Crippen LogP contribution < -0.4 is 0 Å². The second kappa shape index (κ2) is 11.8. The Hall–Kier alpha value is -4.94. The Morgan fingerprint density at radius 1 is 0.375 bits per heavy atom. The molecule has 0 heteroatoms. The first-order chi connectivity index (χ1) is 19.7. The highest BCUT2D eigenvalue weighted by Gasteiger charge is 2.09. The van der Waals surface area contributed by atoms with E-state index in [0.717, 1.165) is 29.5 Å². The van der Waals surface area contributed by atoms with Gasteiger partial charge in [0.1, 0.15) is 0 Å². The van der Waals surface area contributed by atoms with Crippen LogP contribution >= 0.6 is 0 Å². The van der Waals surface area contributed by atoms with Gasteiger partial charge in [-0.05, 0) is 74.0 Å². The van der Waals surface area contributed by atoms with Crippen LogP contribution in [-0.2, 0) is 12.8 Å². The molecule has 0 saturated heterocycles. The summed E-state index contributed by atoms with van der Waals surface area (Å²) in [5.41, 5.74) is 13.7. The van der Waals surface area contributed by atoms with Gasteiger partial charge in [0, 0.05) is 0 Å². The average molecular weight is 513 g/mol. The standard InChI is InChI=1S/C40H32/c1-30(33-24-20-31(21-25-33)28-37-16-8-10-18-39(37)35-12-4-2-5-13-35)34-26-22-32(23-27-34)29-38-17-9-11-19-40(38)36-14-6-3-7-15-36/h2-27H,1,28-29H2. The smallest absolute Gasteiger partial charge is 0.00196 e. The molecule has 192 valence electrons. The maximum absolute atomic E-state index is 4.43. The Morgan fingerprint density at radius 2 is 0.725 bits per heavy atom. The SMILES string of the molecule is C=C(c1ccc(Cc2ccccc2-c2ccccc2)cc1)c1ccc(Cc2ccccc2-c2ccccc2)cc1. The fourth-order valence-corrected chi connectivity index (χ4v) is 5.40. The van der Waals surface area contributed by atoms with Crippen molar-refractivity contribution in [2.45, 2.75) is 12.8 Å². The molecule has 0 amide bonds. The van der Waals surface area contributed by atoms with Crippen LogP contribution in [0.4, 0.5) is 0 Å². The van der Waals surface area contributed by atoms with E-state index in [-0.39, 0.29) is 0 Å². The zero-order valence-electron chi connectivity index (χ0n) is 22.6. The first-order valence-corrected chi connectivity index (χ1v) is 13.9. The summed E-state index contributed by atoms with van der Waals surface area (Å²) in [6.45, 7) is 4.43. The van der Waals surface area contributed by atoms with Crippen molar-refractivity contribution in [1.82, 2.24) is 0 Å². The largest absolute Gasteiger partial charge is 0.0906 e. The monoisotopic (exact) mass is 512 g/mol. The summed E-state index contributed by atoms with van der Waals surface area (Å²) in [5, 5.41) is 0. The molecule has 0 radical (unpaired) electrons. The van der Waals surface area contributed by atoms with E-state index in [1.807, 2.05) is 0 Å². The zero-order chi connectivity index (χ0) is 27.1. The molecule has 0 aliphatic rings. The Morgan fingerprint density at radius 3 is 1.12 bits per heavy atom. The fourth-order valence-electron chi connectivity index (χ4n) is 5.40. The van der Waals surface area contributed by atoms with Crippen LogP contribution in [0.3, 0.4) is 0 Å². The predicted octanol–water partition coefficient (Wildman–Crippen LogP) is 10.3. The second-order valence-corrected chi connectivity index (χ2v) is 10.3. The summed E-state index contributed by atoms with van der Waals surface area (Å²) in [6, 6.07) is 56.4. The number of hydrogen-bond acceptors (Lipinski definition) is 0. The molecule has 0 aliphatic heterocycles. The molecule has 0 bridgehead atoms. The van der Waals surface area contributed by atoms with E-state index in [2.05, 4.69) is 164 Å². The number of benzene rings is 6. The molecular weight excluding hydrogens is 480 g/mol. The summed E-state index contributed by atoms with van der Waals surface area (Å²) in [4.78, 5) is 0. The van der Waals surface area contributed by atoms with Crippen molar-refractivity contribution < 1.29 is 0 Å². The van der Waals surface area contributed by atoms with Gasteiger partial charge in [-0.1, -0.05) is 164 Å². The predicted molar refractivity (Wildman–Crippen MR) is 170 cm³/mol. The van der Waals surface area contributed by atoms with E-state index in [1.165, 1.54) is 44.5 Å². The van der Waals surface area contributed by atoms with Gasteiger partial charge in [-0.2, -0.15) is 0 Å². The Balaban J connectivity index is 1.15.